The van der Waals surface area contributed by atoms with E-state index in [1.807, 2.05) is 0 Å². The van der Waals surface area contributed by atoms with Gasteiger partial charge in [0.05, 0.1) is 6.61 Å². The number of carboxylic acids is 1. The number of phenols is 2. The van der Waals surface area contributed by atoms with E-state index in [2.05, 4.69) is 4.74 Å². The van der Waals surface area contributed by atoms with Crippen molar-refractivity contribution in [2.45, 2.75) is 19.4 Å². The lowest BCUT2D eigenvalue weighted by atomic mass is 10.1. The number of aromatic hydroxyl groups is 2. The lowest BCUT2D eigenvalue weighted by molar-refractivity contribution is -0.138. The molecule has 0 saturated carbocycles. The van der Waals surface area contributed by atoms with Crippen LogP contribution in [0.25, 0.3) is 0 Å². The number of carbonyl (C=O) groups is 2. The summed E-state index contributed by atoms with van der Waals surface area (Å²) in [5, 5.41) is 26.6. The van der Waals surface area contributed by atoms with Gasteiger partial charge >= 0.3 is 11.4 Å². The summed E-state index contributed by atoms with van der Waals surface area (Å²) in [6.45, 7) is 2.04. The lowest BCUT2D eigenvalue weighted by Gasteiger charge is -2.06. The van der Waals surface area contributed by atoms with Gasteiger partial charge in [-0.2, -0.15) is 0 Å². The van der Waals surface area contributed by atoms with Crippen LogP contribution in [0.4, 0.5) is 4.79 Å². The predicted octanol–water partition coefficient (Wildman–Crippen LogP) is 1.43. The molecule has 0 heterocycles. The third-order valence-corrected chi connectivity index (χ3v) is 2.18. The fraction of sp³-hybridized carbons (Fsp3) is 0.333. The van der Waals surface area contributed by atoms with Crippen LogP contribution in [0.5, 0.6) is 11.5 Å². The fourth-order valence-electron chi connectivity index (χ4n) is 1.15. The van der Waals surface area contributed by atoms with Gasteiger partial charge in [0.2, 0.25) is 0 Å². The minimum atomic E-state index is -1.10. The minimum absolute atomic E-state index is 0.114. The van der Waals surface area contributed by atoms with Gasteiger partial charge in [0.1, 0.15) is 6.04 Å². The number of nitrogens with two attached hydrogens (primary N) is 1. The molecule has 0 aliphatic rings. The second-order valence-corrected chi connectivity index (χ2v) is 3.95. The number of halogens is 1. The molecule has 1 aromatic carbocycles. The van der Waals surface area contributed by atoms with E-state index in [1.54, 1.807) is 6.92 Å². The Labute approximate surface area is 120 Å². The standard InChI is InChI=1S/C9H11NO4.C3H5ClO2/c10-6(9(13)14)3-5-1-2-7(11)8(12)4-5;1-2-6-3(4)5/h1-2,4,6,11-12H,3,10H2,(H,13,14);2H2,1H3. The molecule has 1 aromatic rings. The summed E-state index contributed by atoms with van der Waals surface area (Å²) in [4.78, 5) is 20.0. The minimum Gasteiger partial charge on any atom is -0.504 e. The zero-order valence-electron chi connectivity index (χ0n) is 10.7. The first-order valence-electron chi connectivity index (χ1n) is 5.59. The smallest absolute Gasteiger partial charge is 0.403 e. The molecule has 0 aliphatic heterocycles. The molecule has 0 aromatic heterocycles. The molecule has 1 unspecified atom stereocenters. The highest BCUT2D eigenvalue weighted by Gasteiger charge is 2.12. The van der Waals surface area contributed by atoms with E-state index in [4.69, 9.17) is 32.7 Å². The van der Waals surface area contributed by atoms with Gasteiger partial charge in [-0.25, -0.2) is 4.79 Å². The van der Waals surface area contributed by atoms with E-state index in [0.717, 1.165) is 0 Å². The van der Waals surface area contributed by atoms with Gasteiger partial charge in [-0.3, -0.25) is 4.79 Å². The Morgan fingerprint density at radius 1 is 1.35 bits per heavy atom. The first kappa shape index (κ1) is 18.0. The maximum absolute atomic E-state index is 10.4. The highest BCUT2D eigenvalue weighted by molar-refractivity contribution is 6.61. The van der Waals surface area contributed by atoms with E-state index in [0.29, 0.717) is 12.2 Å². The molecular formula is C12H16ClNO6. The Bertz CT molecular complexity index is 465. The van der Waals surface area contributed by atoms with Crippen molar-refractivity contribution in [3.63, 3.8) is 0 Å². The average molecular weight is 306 g/mol. The molecule has 0 bridgehead atoms. The fourth-order valence-corrected chi connectivity index (χ4v) is 1.26. The number of phenolic OH excluding ortho intramolecular Hbond substituents is 2. The first-order chi connectivity index (χ1) is 9.27. The molecular weight excluding hydrogens is 290 g/mol. The van der Waals surface area contributed by atoms with Gasteiger partial charge in [0.25, 0.3) is 0 Å². The van der Waals surface area contributed by atoms with Crippen LogP contribution < -0.4 is 5.73 Å². The molecule has 1 rings (SSSR count). The Hall–Kier alpha value is -1.99. The zero-order chi connectivity index (χ0) is 15.7. The summed E-state index contributed by atoms with van der Waals surface area (Å²) in [5.74, 6) is -1.62. The number of hydrogen-bond donors (Lipinski definition) is 4. The third-order valence-electron chi connectivity index (χ3n) is 2.07. The van der Waals surface area contributed by atoms with E-state index in [-0.39, 0.29) is 17.9 Å². The van der Waals surface area contributed by atoms with Crippen LogP contribution >= 0.6 is 11.6 Å². The Kier molecular flexibility index (Phi) is 8.10. The molecule has 8 heteroatoms. The van der Waals surface area contributed by atoms with Gasteiger partial charge in [0.15, 0.2) is 11.5 Å². The molecule has 0 aliphatic carbocycles. The van der Waals surface area contributed by atoms with E-state index < -0.39 is 17.4 Å². The second-order valence-electron chi connectivity index (χ2n) is 3.64. The van der Waals surface area contributed by atoms with Crippen molar-refractivity contribution in [2.24, 2.45) is 5.73 Å². The van der Waals surface area contributed by atoms with Crippen LogP contribution in [0.15, 0.2) is 18.2 Å². The number of carboxylic acid groups (broad SMARTS) is 1. The van der Waals surface area contributed by atoms with Crippen LogP contribution in [0.1, 0.15) is 12.5 Å². The molecule has 0 spiro atoms. The SMILES string of the molecule is CCOC(=O)Cl.NC(Cc1ccc(O)c(O)c1)C(=O)O. The van der Waals surface area contributed by atoms with Crippen molar-refractivity contribution in [1.82, 2.24) is 0 Å². The van der Waals surface area contributed by atoms with Crippen LogP contribution in [0.3, 0.4) is 0 Å². The molecule has 1 atom stereocenters. The average Bonchev–Trinajstić information content (AvgIpc) is 2.34. The molecule has 0 fully saturated rings. The Balaban J connectivity index is 0.000000511. The topological polar surface area (TPSA) is 130 Å². The number of benzene rings is 1. The number of aliphatic carboxylic acids is 1. The summed E-state index contributed by atoms with van der Waals surface area (Å²) >= 11 is 4.72. The van der Waals surface area contributed by atoms with Crippen LogP contribution in [0, 0.1) is 0 Å². The number of ether oxygens (including phenoxy) is 1. The molecule has 5 N–H and O–H groups in total. The number of rotatable bonds is 4. The van der Waals surface area contributed by atoms with E-state index in [9.17, 15) is 9.59 Å². The largest absolute Gasteiger partial charge is 0.504 e. The number of carbonyl (C=O) groups excluding carboxylic acids is 1. The predicted molar refractivity (Wildman–Crippen MR) is 72.0 cm³/mol. The van der Waals surface area contributed by atoms with Gasteiger partial charge in [-0.15, -0.1) is 0 Å². The van der Waals surface area contributed by atoms with Gasteiger partial charge < -0.3 is 25.8 Å². The van der Waals surface area contributed by atoms with Crippen LogP contribution in [-0.2, 0) is 16.0 Å². The van der Waals surface area contributed by atoms with Crippen molar-refractivity contribution in [3.8, 4) is 11.5 Å². The molecule has 0 amide bonds. The highest BCUT2D eigenvalue weighted by Crippen LogP contribution is 2.25. The maximum Gasteiger partial charge on any atom is 0.403 e. The lowest BCUT2D eigenvalue weighted by Crippen LogP contribution is -2.32. The summed E-state index contributed by atoms with van der Waals surface area (Å²) in [7, 11) is 0. The number of hydrogen-bond acceptors (Lipinski definition) is 6. The normalized spacial score (nSPS) is 10.9. The van der Waals surface area contributed by atoms with Gasteiger partial charge in [-0.1, -0.05) is 6.07 Å². The van der Waals surface area contributed by atoms with Crippen molar-refractivity contribution >= 4 is 23.0 Å². The zero-order valence-corrected chi connectivity index (χ0v) is 11.5. The van der Waals surface area contributed by atoms with E-state index in [1.165, 1.54) is 18.2 Å². The Morgan fingerprint density at radius 2 is 1.95 bits per heavy atom. The molecule has 0 saturated heterocycles. The quantitative estimate of drug-likeness (QED) is 0.489. The second kappa shape index (κ2) is 9.00. The molecule has 0 radical (unpaired) electrons. The van der Waals surface area contributed by atoms with Gasteiger partial charge in [0, 0.05) is 11.6 Å². The molecule has 7 nitrogen and oxygen atoms in total. The molecule has 112 valence electrons. The maximum atomic E-state index is 10.4. The third kappa shape index (κ3) is 7.45. The first-order valence-corrected chi connectivity index (χ1v) is 5.97. The van der Waals surface area contributed by atoms with E-state index >= 15 is 0 Å². The molecule has 20 heavy (non-hydrogen) atoms. The van der Waals surface area contributed by atoms with Crippen molar-refractivity contribution in [3.05, 3.63) is 23.8 Å². The Morgan fingerprint density at radius 3 is 2.30 bits per heavy atom. The highest BCUT2D eigenvalue weighted by atomic mass is 35.5. The van der Waals surface area contributed by atoms with Crippen molar-refractivity contribution in [2.75, 3.05) is 6.61 Å². The van der Waals surface area contributed by atoms with Crippen LogP contribution in [-0.4, -0.2) is 39.4 Å². The summed E-state index contributed by atoms with van der Waals surface area (Å²) in [6, 6.07) is 3.09. The summed E-state index contributed by atoms with van der Waals surface area (Å²) < 4.78 is 4.17. The van der Waals surface area contributed by atoms with Gasteiger partial charge in [-0.05, 0) is 31.0 Å². The van der Waals surface area contributed by atoms with Crippen molar-refractivity contribution in [1.29, 1.82) is 0 Å². The van der Waals surface area contributed by atoms with Crippen LogP contribution in [0.2, 0.25) is 0 Å². The summed E-state index contributed by atoms with van der Waals surface area (Å²) in [6.07, 6.45) is 0.114. The summed E-state index contributed by atoms with van der Waals surface area (Å²) in [5.41, 5.74) is 5.12. The van der Waals surface area contributed by atoms with Crippen molar-refractivity contribution < 1.29 is 29.6 Å². The monoisotopic (exact) mass is 305 g/mol.